The first kappa shape index (κ1) is 12.7. The molecule has 0 amide bonds. The topological polar surface area (TPSA) is 61.6 Å². The molecule has 1 saturated heterocycles. The van der Waals surface area contributed by atoms with E-state index in [1.165, 1.54) is 0 Å². The largest absolute Gasteiger partial charge is 0.461 e. The van der Waals surface area contributed by atoms with E-state index in [1.807, 2.05) is 0 Å². The fraction of sp³-hybridized carbons (Fsp3) is 0.875. The molecule has 1 rings (SSSR count). The number of nitrogens with two attached hydrogens (primary N) is 1. The van der Waals surface area contributed by atoms with E-state index in [2.05, 4.69) is 0 Å². The molecule has 1 atom stereocenters. The van der Waals surface area contributed by atoms with Crippen LogP contribution in [-0.2, 0) is 14.3 Å². The molecule has 1 fully saturated rings. The van der Waals surface area contributed by atoms with Crippen LogP contribution in [0.5, 0.6) is 0 Å². The van der Waals surface area contributed by atoms with Crippen LogP contribution < -0.4 is 5.73 Å². The SMILES string of the molecule is CC(N)C(=O)OC1CCOCC1.Cl. The Bertz CT molecular complexity index is 157. The van der Waals surface area contributed by atoms with E-state index in [0.29, 0.717) is 13.2 Å². The Labute approximate surface area is 84.2 Å². The van der Waals surface area contributed by atoms with Crippen LogP contribution in [0.3, 0.4) is 0 Å². The Balaban J connectivity index is 0.00000144. The zero-order valence-electron chi connectivity index (χ0n) is 7.69. The quantitative estimate of drug-likeness (QED) is 0.672. The zero-order chi connectivity index (χ0) is 8.97. The van der Waals surface area contributed by atoms with Crippen molar-refractivity contribution in [1.82, 2.24) is 0 Å². The molecular weight excluding hydrogens is 194 g/mol. The minimum atomic E-state index is -0.521. The van der Waals surface area contributed by atoms with Crippen LogP contribution in [0, 0.1) is 0 Å². The average Bonchev–Trinajstić information content (AvgIpc) is 2.06. The molecule has 0 radical (unpaired) electrons. The van der Waals surface area contributed by atoms with Crippen molar-refractivity contribution in [3.63, 3.8) is 0 Å². The van der Waals surface area contributed by atoms with Crippen molar-refractivity contribution in [1.29, 1.82) is 0 Å². The van der Waals surface area contributed by atoms with Crippen LogP contribution in [0.25, 0.3) is 0 Å². The van der Waals surface area contributed by atoms with Gasteiger partial charge < -0.3 is 15.2 Å². The summed E-state index contributed by atoms with van der Waals surface area (Å²) < 4.78 is 10.2. The monoisotopic (exact) mass is 209 g/mol. The van der Waals surface area contributed by atoms with Crippen molar-refractivity contribution < 1.29 is 14.3 Å². The lowest BCUT2D eigenvalue weighted by molar-refractivity contribution is -0.154. The minimum absolute atomic E-state index is 0. The fourth-order valence-electron chi connectivity index (χ4n) is 1.07. The summed E-state index contributed by atoms with van der Waals surface area (Å²) in [5, 5.41) is 0. The highest BCUT2D eigenvalue weighted by Crippen LogP contribution is 2.10. The van der Waals surface area contributed by atoms with Crippen molar-refractivity contribution in [2.24, 2.45) is 5.73 Å². The van der Waals surface area contributed by atoms with E-state index < -0.39 is 6.04 Å². The summed E-state index contributed by atoms with van der Waals surface area (Å²) in [5.74, 6) is -0.318. The average molecular weight is 210 g/mol. The fourth-order valence-corrected chi connectivity index (χ4v) is 1.07. The third-order valence-corrected chi connectivity index (χ3v) is 1.82. The first-order valence-electron chi connectivity index (χ1n) is 4.24. The predicted octanol–water partition coefficient (Wildman–Crippen LogP) is 0.478. The highest BCUT2D eigenvalue weighted by molar-refractivity contribution is 5.85. The van der Waals surface area contributed by atoms with Gasteiger partial charge in [-0.1, -0.05) is 0 Å². The molecule has 4 nitrogen and oxygen atoms in total. The van der Waals surface area contributed by atoms with E-state index in [9.17, 15) is 4.79 Å². The van der Waals surface area contributed by atoms with Gasteiger partial charge >= 0.3 is 5.97 Å². The molecule has 0 bridgehead atoms. The first-order valence-corrected chi connectivity index (χ1v) is 4.24. The van der Waals surface area contributed by atoms with E-state index in [-0.39, 0.29) is 24.5 Å². The second-order valence-corrected chi connectivity index (χ2v) is 3.04. The molecule has 1 heterocycles. The molecule has 0 aromatic carbocycles. The first-order chi connectivity index (χ1) is 5.70. The Kier molecular flexibility index (Phi) is 6.03. The second kappa shape index (κ2) is 6.18. The summed E-state index contributed by atoms with van der Waals surface area (Å²) in [4.78, 5) is 11.0. The molecule has 0 aromatic heterocycles. The van der Waals surface area contributed by atoms with Crippen LogP contribution in [0.1, 0.15) is 19.8 Å². The molecule has 2 N–H and O–H groups in total. The Hall–Kier alpha value is -0.320. The Morgan fingerprint density at radius 2 is 2.08 bits per heavy atom. The highest BCUT2D eigenvalue weighted by Gasteiger charge is 2.19. The maximum atomic E-state index is 11.0. The van der Waals surface area contributed by atoms with Crippen LogP contribution >= 0.6 is 12.4 Å². The van der Waals surface area contributed by atoms with Crippen molar-refractivity contribution in [3.05, 3.63) is 0 Å². The standard InChI is InChI=1S/C8H15NO3.ClH/c1-6(9)8(10)12-7-2-4-11-5-3-7;/h6-7H,2-5,9H2,1H3;1H. The third-order valence-electron chi connectivity index (χ3n) is 1.82. The number of carbonyl (C=O) groups excluding carboxylic acids is 1. The van der Waals surface area contributed by atoms with Crippen LogP contribution in [0.2, 0.25) is 0 Å². The number of hydrogen-bond donors (Lipinski definition) is 1. The normalized spacial score (nSPS) is 20.2. The van der Waals surface area contributed by atoms with Gasteiger partial charge in [-0.05, 0) is 6.92 Å². The molecule has 78 valence electrons. The van der Waals surface area contributed by atoms with Crippen LogP contribution in [0.4, 0.5) is 0 Å². The molecule has 0 saturated carbocycles. The molecular formula is C8H16ClNO3. The van der Waals surface area contributed by atoms with E-state index in [0.717, 1.165) is 12.8 Å². The molecule has 0 aliphatic carbocycles. The Morgan fingerprint density at radius 1 is 1.54 bits per heavy atom. The highest BCUT2D eigenvalue weighted by atomic mass is 35.5. The maximum absolute atomic E-state index is 11.0. The summed E-state index contributed by atoms with van der Waals surface area (Å²) in [6, 6.07) is -0.521. The van der Waals surface area contributed by atoms with Gasteiger partial charge in [-0.25, -0.2) is 0 Å². The smallest absolute Gasteiger partial charge is 0.322 e. The number of halogens is 1. The van der Waals surface area contributed by atoms with Crippen molar-refractivity contribution in [2.75, 3.05) is 13.2 Å². The summed E-state index contributed by atoms with van der Waals surface area (Å²) in [6.45, 7) is 2.98. The molecule has 1 unspecified atom stereocenters. The lowest BCUT2D eigenvalue weighted by Gasteiger charge is -2.22. The van der Waals surface area contributed by atoms with Crippen molar-refractivity contribution >= 4 is 18.4 Å². The number of esters is 1. The van der Waals surface area contributed by atoms with Gasteiger partial charge in [-0.15, -0.1) is 12.4 Å². The van der Waals surface area contributed by atoms with Crippen molar-refractivity contribution in [2.45, 2.75) is 31.9 Å². The molecule has 5 heteroatoms. The van der Waals surface area contributed by atoms with Gasteiger partial charge in [0.25, 0.3) is 0 Å². The van der Waals surface area contributed by atoms with Gasteiger partial charge in [0.05, 0.1) is 13.2 Å². The molecule has 0 aromatic rings. The molecule has 1 aliphatic heterocycles. The second-order valence-electron chi connectivity index (χ2n) is 3.04. The molecule has 0 spiro atoms. The van der Waals surface area contributed by atoms with Crippen LogP contribution in [-0.4, -0.2) is 31.3 Å². The summed E-state index contributed by atoms with van der Waals surface area (Å²) in [6.07, 6.45) is 1.59. The lowest BCUT2D eigenvalue weighted by Crippen LogP contribution is -2.34. The third kappa shape index (κ3) is 4.45. The molecule has 13 heavy (non-hydrogen) atoms. The van der Waals surface area contributed by atoms with E-state index >= 15 is 0 Å². The number of carbonyl (C=O) groups is 1. The van der Waals surface area contributed by atoms with Gasteiger partial charge in [-0.2, -0.15) is 0 Å². The molecule has 1 aliphatic rings. The van der Waals surface area contributed by atoms with Crippen LogP contribution in [0.15, 0.2) is 0 Å². The van der Waals surface area contributed by atoms with E-state index in [1.54, 1.807) is 6.92 Å². The lowest BCUT2D eigenvalue weighted by atomic mass is 10.1. The number of hydrogen-bond acceptors (Lipinski definition) is 4. The summed E-state index contributed by atoms with van der Waals surface area (Å²) in [7, 11) is 0. The van der Waals surface area contributed by atoms with Gasteiger partial charge in [0.2, 0.25) is 0 Å². The zero-order valence-corrected chi connectivity index (χ0v) is 8.51. The summed E-state index contributed by atoms with van der Waals surface area (Å²) in [5.41, 5.74) is 5.35. The van der Waals surface area contributed by atoms with E-state index in [4.69, 9.17) is 15.2 Å². The van der Waals surface area contributed by atoms with Gasteiger partial charge in [0.1, 0.15) is 12.1 Å². The number of ether oxygens (including phenoxy) is 2. The summed E-state index contributed by atoms with van der Waals surface area (Å²) >= 11 is 0. The minimum Gasteiger partial charge on any atom is -0.461 e. The maximum Gasteiger partial charge on any atom is 0.322 e. The number of rotatable bonds is 2. The Morgan fingerprint density at radius 3 is 2.54 bits per heavy atom. The van der Waals surface area contributed by atoms with Gasteiger partial charge in [0, 0.05) is 12.8 Å². The van der Waals surface area contributed by atoms with Crippen molar-refractivity contribution in [3.8, 4) is 0 Å². The van der Waals surface area contributed by atoms with Gasteiger partial charge in [0.15, 0.2) is 0 Å². The predicted molar refractivity (Wildman–Crippen MR) is 50.8 cm³/mol. The van der Waals surface area contributed by atoms with Gasteiger partial charge in [-0.3, -0.25) is 4.79 Å².